The Morgan fingerprint density at radius 3 is 2.06 bits per heavy atom. The van der Waals surface area contributed by atoms with E-state index in [2.05, 4.69) is 0 Å². The second-order valence-electron chi connectivity index (χ2n) is 3.65. The molecule has 2 rings (SSSR count). The Kier molecular flexibility index (Phi) is 3.96. The molecule has 0 aliphatic heterocycles. The van der Waals surface area contributed by atoms with Crippen LogP contribution in [0.2, 0.25) is 0 Å². The van der Waals surface area contributed by atoms with Crippen LogP contribution < -0.4 is 14.8 Å². The average Bonchev–Trinajstić information content (AvgIpc) is 2.46. The molecule has 0 bridgehead atoms. The maximum absolute atomic E-state index is 11.2. The van der Waals surface area contributed by atoms with E-state index < -0.39 is 0 Å². The van der Waals surface area contributed by atoms with Crippen LogP contribution in [0.3, 0.4) is 0 Å². The van der Waals surface area contributed by atoms with Gasteiger partial charge in [-0.3, -0.25) is 4.57 Å². The summed E-state index contributed by atoms with van der Waals surface area (Å²) in [6.07, 6.45) is 0. The van der Waals surface area contributed by atoms with E-state index in [1.54, 1.807) is 14.2 Å². The highest BCUT2D eigenvalue weighted by atomic mass is 31.1. The number of methoxy groups -OCH3 is 2. The largest absolute Gasteiger partial charge is 0.496 e. The minimum Gasteiger partial charge on any atom is -0.496 e. The summed E-state index contributed by atoms with van der Waals surface area (Å²) in [5.41, 5.74) is 1.67. The van der Waals surface area contributed by atoms with Crippen molar-refractivity contribution in [1.29, 1.82) is 0 Å². The van der Waals surface area contributed by atoms with Crippen molar-refractivity contribution in [3.8, 4) is 22.6 Å². The summed E-state index contributed by atoms with van der Waals surface area (Å²) in [5, 5.41) is 0.709. The molecule has 0 aliphatic carbocycles. The molecule has 0 heterocycles. The third kappa shape index (κ3) is 2.22. The van der Waals surface area contributed by atoms with E-state index in [-0.39, 0.29) is 8.46 Å². The second kappa shape index (κ2) is 5.65. The zero-order valence-electron chi connectivity index (χ0n) is 10.2. The van der Waals surface area contributed by atoms with Gasteiger partial charge < -0.3 is 9.47 Å². The van der Waals surface area contributed by atoms with Gasteiger partial charge in [0.25, 0.3) is 0 Å². The number of hydrogen-bond donors (Lipinski definition) is 0. The van der Waals surface area contributed by atoms with Crippen LogP contribution in [0.4, 0.5) is 0 Å². The lowest BCUT2D eigenvalue weighted by atomic mass is 10.0. The molecule has 0 radical (unpaired) electrons. The Bertz CT molecular complexity index is 544. The molecular weight excluding hydrogens is 247 g/mol. The van der Waals surface area contributed by atoms with Gasteiger partial charge in [0.2, 0.25) is 0 Å². The fraction of sp³-hybridized carbons (Fsp3) is 0.143. The van der Waals surface area contributed by atoms with Crippen molar-refractivity contribution in [3.63, 3.8) is 0 Å². The van der Waals surface area contributed by atoms with E-state index in [1.807, 2.05) is 42.5 Å². The lowest BCUT2D eigenvalue weighted by Crippen LogP contribution is -2.00. The van der Waals surface area contributed by atoms with Crippen molar-refractivity contribution in [3.05, 3.63) is 42.5 Å². The Morgan fingerprint density at radius 1 is 0.889 bits per heavy atom. The first-order valence-corrected chi connectivity index (χ1v) is 6.26. The van der Waals surface area contributed by atoms with Gasteiger partial charge in [0.15, 0.2) is 8.46 Å². The van der Waals surface area contributed by atoms with Gasteiger partial charge in [0.05, 0.1) is 25.1 Å². The first kappa shape index (κ1) is 12.6. The van der Waals surface area contributed by atoms with E-state index in [0.29, 0.717) is 16.8 Å². The fourth-order valence-corrected chi connectivity index (χ4v) is 2.31. The Balaban J connectivity index is 2.72. The van der Waals surface area contributed by atoms with E-state index in [0.717, 1.165) is 11.1 Å². The van der Waals surface area contributed by atoms with Gasteiger partial charge in [0, 0.05) is 5.56 Å². The number of benzene rings is 2. The predicted octanol–water partition coefficient (Wildman–Crippen LogP) is 3.29. The highest BCUT2D eigenvalue weighted by Gasteiger charge is 2.15. The molecule has 0 aliphatic rings. The van der Waals surface area contributed by atoms with Gasteiger partial charge in [-0.05, 0) is 18.2 Å². The molecule has 0 saturated heterocycles. The van der Waals surface area contributed by atoms with Crippen LogP contribution >= 0.6 is 8.46 Å². The minimum absolute atomic E-state index is 0.0218. The Hall–Kier alpha value is -1.86. The molecule has 0 amide bonds. The highest BCUT2D eigenvalue weighted by Crippen LogP contribution is 2.38. The van der Waals surface area contributed by atoms with E-state index in [4.69, 9.17) is 9.47 Å². The zero-order chi connectivity index (χ0) is 13.0. The Labute approximate surface area is 108 Å². The normalized spacial score (nSPS) is 10.3. The molecule has 0 N–H and O–H groups in total. The molecule has 0 saturated carbocycles. The maximum atomic E-state index is 11.2. The van der Waals surface area contributed by atoms with Crippen LogP contribution in [-0.4, -0.2) is 14.2 Å². The van der Waals surface area contributed by atoms with Crippen LogP contribution in [0.5, 0.6) is 11.5 Å². The molecule has 3 nitrogen and oxygen atoms in total. The first-order chi connectivity index (χ1) is 8.81. The molecule has 0 fully saturated rings. The molecule has 0 unspecified atom stereocenters. The lowest BCUT2D eigenvalue weighted by Gasteiger charge is -2.14. The standard InChI is InChI=1S/C14H13O3P/c1-16-11-7-5-8-12(17-2)14(11)10-6-3-4-9-13(10)18-15/h3-9H,1-2H3. The van der Waals surface area contributed by atoms with Gasteiger partial charge in [0.1, 0.15) is 11.5 Å². The van der Waals surface area contributed by atoms with Crippen molar-refractivity contribution in [1.82, 2.24) is 0 Å². The van der Waals surface area contributed by atoms with Gasteiger partial charge in [-0.25, -0.2) is 0 Å². The predicted molar refractivity (Wildman–Crippen MR) is 72.2 cm³/mol. The maximum Gasteiger partial charge on any atom is 0.192 e. The van der Waals surface area contributed by atoms with Gasteiger partial charge in [-0.2, -0.15) is 0 Å². The minimum atomic E-state index is -0.0218. The van der Waals surface area contributed by atoms with Crippen LogP contribution in [0.15, 0.2) is 42.5 Å². The van der Waals surface area contributed by atoms with E-state index in [1.165, 1.54) is 0 Å². The van der Waals surface area contributed by atoms with Crippen LogP contribution in [0, 0.1) is 0 Å². The van der Waals surface area contributed by atoms with Gasteiger partial charge in [-0.15, -0.1) is 0 Å². The molecule has 92 valence electrons. The molecule has 4 heteroatoms. The van der Waals surface area contributed by atoms with Crippen LogP contribution in [0.1, 0.15) is 0 Å². The molecule has 0 aromatic heterocycles. The summed E-state index contributed by atoms with van der Waals surface area (Å²) in [4.78, 5) is 0. The quantitative estimate of drug-likeness (QED) is 0.791. The summed E-state index contributed by atoms with van der Waals surface area (Å²) in [6.45, 7) is 0. The average molecular weight is 260 g/mol. The zero-order valence-corrected chi connectivity index (χ0v) is 11.1. The number of ether oxygens (including phenoxy) is 2. The summed E-state index contributed by atoms with van der Waals surface area (Å²) in [6, 6.07) is 13.0. The summed E-state index contributed by atoms with van der Waals surface area (Å²) in [5.74, 6) is 1.40. The molecular formula is C14H13O3P. The van der Waals surface area contributed by atoms with E-state index in [9.17, 15) is 4.57 Å². The number of hydrogen-bond acceptors (Lipinski definition) is 3. The van der Waals surface area contributed by atoms with Crippen LogP contribution in [-0.2, 0) is 4.57 Å². The van der Waals surface area contributed by atoms with Crippen molar-refractivity contribution < 1.29 is 14.0 Å². The molecule has 0 atom stereocenters. The van der Waals surface area contributed by atoms with Crippen LogP contribution in [0.25, 0.3) is 11.1 Å². The summed E-state index contributed by atoms with van der Waals surface area (Å²) in [7, 11) is 3.19. The fourth-order valence-electron chi connectivity index (χ4n) is 1.88. The lowest BCUT2D eigenvalue weighted by molar-refractivity contribution is 0.397. The van der Waals surface area contributed by atoms with Gasteiger partial charge >= 0.3 is 0 Å². The molecule has 18 heavy (non-hydrogen) atoms. The molecule has 2 aromatic carbocycles. The topological polar surface area (TPSA) is 35.5 Å². The number of rotatable bonds is 4. The monoisotopic (exact) mass is 260 g/mol. The second-order valence-corrected chi connectivity index (χ2v) is 4.31. The van der Waals surface area contributed by atoms with Crippen molar-refractivity contribution in [2.24, 2.45) is 0 Å². The smallest absolute Gasteiger partial charge is 0.192 e. The summed E-state index contributed by atoms with van der Waals surface area (Å²) < 4.78 is 21.9. The third-order valence-corrected chi connectivity index (χ3v) is 3.29. The first-order valence-electron chi connectivity index (χ1n) is 5.45. The summed E-state index contributed by atoms with van der Waals surface area (Å²) >= 11 is 0. The van der Waals surface area contributed by atoms with E-state index >= 15 is 0 Å². The SMILES string of the molecule is COc1cccc(OC)c1-c1ccccc1P=O. The molecule has 0 spiro atoms. The van der Waals surface area contributed by atoms with Gasteiger partial charge in [-0.1, -0.05) is 24.3 Å². The highest BCUT2D eigenvalue weighted by molar-refractivity contribution is 7.34. The van der Waals surface area contributed by atoms with Crippen molar-refractivity contribution in [2.45, 2.75) is 0 Å². The van der Waals surface area contributed by atoms with Crippen molar-refractivity contribution in [2.75, 3.05) is 14.2 Å². The van der Waals surface area contributed by atoms with Crippen molar-refractivity contribution >= 4 is 13.8 Å². The molecule has 2 aromatic rings. The third-order valence-electron chi connectivity index (χ3n) is 2.70. The Morgan fingerprint density at radius 2 is 1.50 bits per heavy atom.